The number of nitrogens with one attached hydrogen (secondary N) is 2. The number of amides is 1. The maximum atomic E-state index is 13.0. The number of hydrogen-bond acceptors (Lipinski definition) is 7. The molecule has 5 rings (SSSR count). The van der Waals surface area contributed by atoms with Crippen LogP contribution in [0.15, 0.2) is 28.9 Å². The van der Waals surface area contributed by atoms with E-state index in [4.69, 9.17) is 9.72 Å². The predicted octanol–water partition coefficient (Wildman–Crippen LogP) is 2.83. The Bertz CT molecular complexity index is 1140. The summed E-state index contributed by atoms with van der Waals surface area (Å²) in [6.45, 7) is 7.89. The molecule has 10 heteroatoms. The van der Waals surface area contributed by atoms with E-state index in [2.05, 4.69) is 48.5 Å². The van der Waals surface area contributed by atoms with Crippen molar-refractivity contribution in [1.29, 1.82) is 0 Å². The molecule has 3 aromatic rings. The van der Waals surface area contributed by atoms with Crippen LogP contribution in [0, 0.1) is 0 Å². The lowest BCUT2D eigenvalue weighted by Crippen LogP contribution is -2.39. The number of aromatic nitrogens is 4. The number of benzene rings is 1. The summed E-state index contributed by atoms with van der Waals surface area (Å²) in [6.07, 6.45) is 2.91. The highest BCUT2D eigenvalue weighted by molar-refractivity contribution is 9.10. The molecule has 9 nitrogen and oxygen atoms in total. The fourth-order valence-corrected chi connectivity index (χ4v) is 4.65. The molecule has 1 aromatic carbocycles. The molecule has 0 spiro atoms. The van der Waals surface area contributed by atoms with Gasteiger partial charge in [-0.3, -0.25) is 14.4 Å². The Kier molecular flexibility index (Phi) is 6.07. The van der Waals surface area contributed by atoms with Crippen molar-refractivity contribution in [2.75, 3.05) is 50.0 Å². The molecule has 1 atom stereocenters. The first-order chi connectivity index (χ1) is 15.6. The zero-order valence-corrected chi connectivity index (χ0v) is 19.6. The number of nitrogens with zero attached hydrogens (tertiary/aromatic N) is 5. The third kappa shape index (κ3) is 4.22. The van der Waals surface area contributed by atoms with Crippen molar-refractivity contribution in [3.8, 4) is 0 Å². The number of hydrogen-bond donors (Lipinski definition) is 2. The van der Waals surface area contributed by atoms with Crippen molar-refractivity contribution in [2.45, 2.75) is 25.8 Å². The lowest BCUT2D eigenvalue weighted by atomic mass is 9.95. The van der Waals surface area contributed by atoms with E-state index in [0.717, 1.165) is 66.9 Å². The van der Waals surface area contributed by atoms with Gasteiger partial charge in [0.25, 0.3) is 0 Å². The quantitative estimate of drug-likeness (QED) is 0.515. The molecular formula is C22H26BrN7O2. The molecule has 0 saturated carbocycles. The monoisotopic (exact) mass is 499 g/mol. The van der Waals surface area contributed by atoms with Crippen LogP contribution in [-0.4, -0.2) is 69.9 Å². The van der Waals surface area contributed by atoms with Gasteiger partial charge in [0.1, 0.15) is 5.92 Å². The Morgan fingerprint density at radius 1 is 1.25 bits per heavy atom. The minimum atomic E-state index is -0.507. The number of ether oxygens (including phenoxy) is 1. The molecule has 0 aliphatic carbocycles. The van der Waals surface area contributed by atoms with Crippen LogP contribution >= 0.6 is 15.9 Å². The summed E-state index contributed by atoms with van der Waals surface area (Å²) in [5, 5.41) is 11.8. The third-order valence-corrected chi connectivity index (χ3v) is 6.34. The van der Waals surface area contributed by atoms with E-state index in [0.29, 0.717) is 23.8 Å². The van der Waals surface area contributed by atoms with Crippen LogP contribution in [0.2, 0.25) is 0 Å². The molecule has 0 radical (unpaired) electrons. The second kappa shape index (κ2) is 9.13. The van der Waals surface area contributed by atoms with E-state index in [1.54, 1.807) is 0 Å². The second-order valence-electron chi connectivity index (χ2n) is 8.10. The summed E-state index contributed by atoms with van der Waals surface area (Å²) >= 11 is 3.53. The van der Waals surface area contributed by atoms with E-state index in [1.807, 2.05) is 29.1 Å². The van der Waals surface area contributed by atoms with E-state index in [-0.39, 0.29) is 5.91 Å². The van der Waals surface area contributed by atoms with Crippen LogP contribution < -0.4 is 10.6 Å². The number of morpholine rings is 1. The Hall–Kier alpha value is -2.56. The number of anilines is 2. The average Bonchev–Trinajstić information content (AvgIpc) is 3.33. The molecular weight excluding hydrogens is 474 g/mol. The Balaban J connectivity index is 1.49. The number of fused-ring (bicyclic) bond motifs is 2. The smallest absolute Gasteiger partial charge is 0.238 e. The zero-order valence-electron chi connectivity index (χ0n) is 18.0. The third-order valence-electron chi connectivity index (χ3n) is 5.84. The maximum Gasteiger partial charge on any atom is 0.238 e. The van der Waals surface area contributed by atoms with Crippen LogP contribution in [0.5, 0.6) is 0 Å². The molecule has 1 saturated heterocycles. The minimum absolute atomic E-state index is 0.0828. The van der Waals surface area contributed by atoms with Gasteiger partial charge in [-0.1, -0.05) is 22.9 Å². The van der Waals surface area contributed by atoms with Crippen LogP contribution in [0.25, 0.3) is 11.0 Å². The summed E-state index contributed by atoms with van der Waals surface area (Å²) in [6, 6.07) is 5.82. The summed E-state index contributed by atoms with van der Waals surface area (Å²) < 4.78 is 8.22. The molecule has 0 bridgehead atoms. The van der Waals surface area contributed by atoms with Gasteiger partial charge in [-0.15, -0.1) is 0 Å². The minimum Gasteiger partial charge on any atom is -0.379 e. The highest BCUT2D eigenvalue weighted by atomic mass is 79.9. The summed E-state index contributed by atoms with van der Waals surface area (Å²) in [4.78, 5) is 24.8. The van der Waals surface area contributed by atoms with Crippen LogP contribution in [-0.2, 0) is 16.1 Å². The Labute approximate surface area is 194 Å². The lowest BCUT2D eigenvalue weighted by Gasteiger charge is -2.26. The second-order valence-corrected chi connectivity index (χ2v) is 9.01. The largest absolute Gasteiger partial charge is 0.379 e. The van der Waals surface area contributed by atoms with Crippen molar-refractivity contribution in [2.24, 2.45) is 0 Å². The first kappa shape index (κ1) is 21.3. The van der Waals surface area contributed by atoms with Crippen molar-refractivity contribution < 1.29 is 9.53 Å². The first-order valence-electron chi connectivity index (χ1n) is 11.0. The van der Waals surface area contributed by atoms with E-state index >= 15 is 0 Å². The fourth-order valence-electron chi connectivity index (χ4n) is 4.27. The van der Waals surface area contributed by atoms with Gasteiger partial charge in [0, 0.05) is 49.1 Å². The Morgan fingerprint density at radius 3 is 2.91 bits per heavy atom. The molecule has 168 valence electrons. The van der Waals surface area contributed by atoms with Crippen LogP contribution in [0.3, 0.4) is 0 Å². The number of halogens is 1. The van der Waals surface area contributed by atoms with E-state index in [9.17, 15) is 4.79 Å². The molecule has 2 N–H and O–H groups in total. The molecule has 1 amide bonds. The van der Waals surface area contributed by atoms with Crippen LogP contribution in [0.1, 0.15) is 30.5 Å². The fraction of sp³-hybridized carbons (Fsp3) is 0.455. The number of carbonyl (C=O) groups excluding carboxylic acids is 1. The standard InChI is InChI=1S/C22H26BrN7O2/c1-2-6-30-13-16-19(18-15-12-14(23)3-4-17(15)25-21(18)31)26-22(27-20(16)28-30)24-5-7-29-8-10-32-11-9-29/h3-4,12-13,18H,2,5-11H2,1H3,(H,25,31)(H,24,27,28). The van der Waals surface area contributed by atoms with Gasteiger partial charge in [0.2, 0.25) is 11.9 Å². The number of rotatable bonds is 7. The van der Waals surface area contributed by atoms with E-state index < -0.39 is 5.92 Å². The number of carbonyl (C=O) groups is 1. The van der Waals surface area contributed by atoms with Gasteiger partial charge in [-0.25, -0.2) is 4.98 Å². The summed E-state index contributed by atoms with van der Waals surface area (Å²) in [7, 11) is 0. The summed E-state index contributed by atoms with van der Waals surface area (Å²) in [5.74, 6) is -0.0913. The van der Waals surface area contributed by atoms with Gasteiger partial charge >= 0.3 is 0 Å². The predicted molar refractivity (Wildman–Crippen MR) is 126 cm³/mol. The average molecular weight is 500 g/mol. The first-order valence-corrected chi connectivity index (χ1v) is 11.8. The van der Waals surface area contributed by atoms with Crippen molar-refractivity contribution >= 4 is 44.5 Å². The van der Waals surface area contributed by atoms with Crippen LogP contribution in [0.4, 0.5) is 11.6 Å². The van der Waals surface area contributed by atoms with Gasteiger partial charge < -0.3 is 15.4 Å². The molecule has 2 aliphatic rings. The maximum absolute atomic E-state index is 13.0. The SMILES string of the molecule is CCCn1cc2c(C3C(=O)Nc4ccc(Br)cc43)nc(NCCN3CCOCC3)nc2n1. The molecule has 1 fully saturated rings. The van der Waals surface area contributed by atoms with Crippen molar-refractivity contribution in [1.82, 2.24) is 24.6 Å². The Morgan fingerprint density at radius 2 is 2.09 bits per heavy atom. The molecule has 2 aliphatic heterocycles. The van der Waals surface area contributed by atoms with Crippen molar-refractivity contribution in [3.63, 3.8) is 0 Å². The normalized spacial score (nSPS) is 18.7. The topological polar surface area (TPSA) is 97.2 Å². The summed E-state index contributed by atoms with van der Waals surface area (Å²) in [5.41, 5.74) is 3.01. The van der Waals surface area contributed by atoms with Gasteiger partial charge in [0.15, 0.2) is 5.65 Å². The van der Waals surface area contributed by atoms with Gasteiger partial charge in [-0.2, -0.15) is 10.1 Å². The van der Waals surface area contributed by atoms with Gasteiger partial charge in [0.05, 0.1) is 24.3 Å². The molecule has 4 heterocycles. The molecule has 32 heavy (non-hydrogen) atoms. The molecule has 1 unspecified atom stereocenters. The molecule has 2 aromatic heterocycles. The highest BCUT2D eigenvalue weighted by Crippen LogP contribution is 2.40. The van der Waals surface area contributed by atoms with Crippen molar-refractivity contribution in [3.05, 3.63) is 40.1 Å². The number of aryl methyl sites for hydroxylation is 1. The highest BCUT2D eigenvalue weighted by Gasteiger charge is 2.35. The van der Waals surface area contributed by atoms with E-state index in [1.165, 1.54) is 0 Å². The zero-order chi connectivity index (χ0) is 22.1. The lowest BCUT2D eigenvalue weighted by molar-refractivity contribution is -0.116. The van der Waals surface area contributed by atoms with Gasteiger partial charge in [-0.05, 0) is 30.2 Å².